The lowest BCUT2D eigenvalue weighted by Gasteiger charge is -2.15. The molecule has 4 nitrogen and oxygen atoms in total. The Balaban J connectivity index is 2.55. The van der Waals surface area contributed by atoms with Gasteiger partial charge >= 0.3 is 0 Å². The predicted octanol–water partition coefficient (Wildman–Crippen LogP) is 2.72. The molecule has 0 fully saturated rings. The molecule has 1 aromatic heterocycles. The number of hydrogen-bond donors (Lipinski definition) is 1. The Morgan fingerprint density at radius 2 is 2.06 bits per heavy atom. The molecule has 1 rings (SSSR count). The van der Waals surface area contributed by atoms with E-state index in [4.69, 9.17) is 4.74 Å². The first-order valence-corrected chi connectivity index (χ1v) is 5.84. The van der Waals surface area contributed by atoms with E-state index in [2.05, 4.69) is 36.1 Å². The van der Waals surface area contributed by atoms with Gasteiger partial charge in [0.2, 0.25) is 5.88 Å². The summed E-state index contributed by atoms with van der Waals surface area (Å²) >= 11 is 0. The second-order valence-corrected chi connectivity index (χ2v) is 4.33. The van der Waals surface area contributed by atoms with E-state index in [9.17, 15) is 0 Å². The van der Waals surface area contributed by atoms with Crippen LogP contribution < -0.4 is 10.1 Å². The number of hydrogen-bond acceptors (Lipinski definition) is 4. The summed E-state index contributed by atoms with van der Waals surface area (Å²) in [6, 6.07) is 0. The Morgan fingerprint density at radius 1 is 1.31 bits per heavy atom. The number of rotatable bonds is 6. The van der Waals surface area contributed by atoms with Crippen molar-refractivity contribution in [2.24, 2.45) is 5.92 Å². The number of aromatic nitrogens is 2. The van der Waals surface area contributed by atoms with E-state index in [1.165, 1.54) is 0 Å². The summed E-state index contributed by atoms with van der Waals surface area (Å²) in [6.07, 6.45) is 4.54. The largest absolute Gasteiger partial charge is 0.473 e. The molecule has 16 heavy (non-hydrogen) atoms. The maximum Gasteiger partial charge on any atom is 0.234 e. The van der Waals surface area contributed by atoms with Crippen molar-refractivity contribution < 1.29 is 4.74 Å². The molecule has 0 aliphatic heterocycles. The first-order chi connectivity index (χ1) is 7.61. The molecular formula is C12H21N3O. The van der Waals surface area contributed by atoms with Gasteiger partial charge in [-0.15, -0.1) is 0 Å². The van der Waals surface area contributed by atoms with E-state index >= 15 is 0 Å². The van der Waals surface area contributed by atoms with Gasteiger partial charge < -0.3 is 10.1 Å². The number of nitrogens with zero attached hydrogens (tertiary/aromatic N) is 2. The predicted molar refractivity (Wildman–Crippen MR) is 65.7 cm³/mol. The van der Waals surface area contributed by atoms with Gasteiger partial charge in [0.15, 0.2) is 0 Å². The molecule has 0 spiro atoms. The molecule has 0 radical (unpaired) electrons. The molecule has 0 bridgehead atoms. The average Bonchev–Trinajstić information content (AvgIpc) is 2.17. The zero-order valence-electron chi connectivity index (χ0n) is 10.5. The molecule has 1 unspecified atom stereocenters. The number of ether oxygens (including phenoxy) is 1. The van der Waals surface area contributed by atoms with Gasteiger partial charge in [-0.25, -0.2) is 0 Å². The zero-order valence-corrected chi connectivity index (χ0v) is 10.5. The number of anilines is 1. The van der Waals surface area contributed by atoms with Gasteiger partial charge in [0.25, 0.3) is 0 Å². The van der Waals surface area contributed by atoms with Crippen LogP contribution in [0, 0.1) is 5.92 Å². The topological polar surface area (TPSA) is 47.0 Å². The van der Waals surface area contributed by atoms with Gasteiger partial charge in [-0.2, -0.15) is 4.98 Å². The SMILES string of the molecule is CCNc1cncc(OC(C)CC(C)C)n1. The van der Waals surface area contributed by atoms with Crippen molar-refractivity contribution in [2.75, 3.05) is 11.9 Å². The maximum atomic E-state index is 5.70. The maximum absolute atomic E-state index is 5.70. The highest BCUT2D eigenvalue weighted by molar-refractivity contribution is 5.32. The van der Waals surface area contributed by atoms with Crippen LogP contribution in [-0.2, 0) is 0 Å². The van der Waals surface area contributed by atoms with E-state index in [0.29, 0.717) is 11.8 Å². The first-order valence-electron chi connectivity index (χ1n) is 5.84. The van der Waals surface area contributed by atoms with Gasteiger partial charge in [0.1, 0.15) is 5.82 Å². The lowest BCUT2D eigenvalue weighted by molar-refractivity contribution is 0.185. The van der Waals surface area contributed by atoms with Crippen molar-refractivity contribution in [3.8, 4) is 5.88 Å². The minimum Gasteiger partial charge on any atom is -0.473 e. The second kappa shape index (κ2) is 6.30. The Bertz CT molecular complexity index is 315. The Hall–Kier alpha value is -1.32. The molecule has 1 aromatic rings. The molecule has 0 saturated heterocycles. The molecule has 90 valence electrons. The molecule has 0 amide bonds. The first kappa shape index (κ1) is 12.7. The summed E-state index contributed by atoms with van der Waals surface area (Å²) in [5.74, 6) is 1.98. The van der Waals surface area contributed by atoms with Crippen molar-refractivity contribution in [1.82, 2.24) is 9.97 Å². The minimum absolute atomic E-state index is 0.172. The van der Waals surface area contributed by atoms with Crippen LogP contribution in [0.2, 0.25) is 0 Å². The third-order valence-electron chi connectivity index (χ3n) is 2.10. The van der Waals surface area contributed by atoms with Crippen LogP contribution in [0.15, 0.2) is 12.4 Å². The normalized spacial score (nSPS) is 12.6. The molecule has 0 aliphatic carbocycles. The highest BCUT2D eigenvalue weighted by Gasteiger charge is 2.08. The van der Waals surface area contributed by atoms with Crippen molar-refractivity contribution >= 4 is 5.82 Å². The Labute approximate surface area is 97.5 Å². The van der Waals surface area contributed by atoms with Gasteiger partial charge in [-0.05, 0) is 26.2 Å². The van der Waals surface area contributed by atoms with Crippen LogP contribution in [0.3, 0.4) is 0 Å². The molecule has 1 atom stereocenters. The van der Waals surface area contributed by atoms with Crippen LogP contribution in [0.5, 0.6) is 5.88 Å². The van der Waals surface area contributed by atoms with Gasteiger partial charge in [-0.3, -0.25) is 4.98 Å². The van der Waals surface area contributed by atoms with E-state index in [1.54, 1.807) is 12.4 Å². The quantitative estimate of drug-likeness (QED) is 0.805. The van der Waals surface area contributed by atoms with E-state index in [1.807, 2.05) is 6.92 Å². The molecular weight excluding hydrogens is 202 g/mol. The summed E-state index contributed by atoms with van der Waals surface area (Å²) in [5.41, 5.74) is 0. The lowest BCUT2D eigenvalue weighted by Crippen LogP contribution is -2.15. The fraction of sp³-hybridized carbons (Fsp3) is 0.667. The third-order valence-corrected chi connectivity index (χ3v) is 2.10. The zero-order chi connectivity index (χ0) is 12.0. The van der Waals surface area contributed by atoms with Crippen LogP contribution in [0.4, 0.5) is 5.82 Å². The van der Waals surface area contributed by atoms with Crippen molar-refractivity contribution in [3.05, 3.63) is 12.4 Å². The highest BCUT2D eigenvalue weighted by Crippen LogP contribution is 2.14. The average molecular weight is 223 g/mol. The number of nitrogens with one attached hydrogen (secondary N) is 1. The van der Waals surface area contributed by atoms with Gasteiger partial charge in [0.05, 0.1) is 18.5 Å². The summed E-state index contributed by atoms with van der Waals surface area (Å²) < 4.78 is 5.70. The van der Waals surface area contributed by atoms with E-state index < -0.39 is 0 Å². The monoisotopic (exact) mass is 223 g/mol. The highest BCUT2D eigenvalue weighted by atomic mass is 16.5. The van der Waals surface area contributed by atoms with Crippen molar-refractivity contribution in [1.29, 1.82) is 0 Å². The van der Waals surface area contributed by atoms with E-state index in [-0.39, 0.29) is 6.10 Å². The van der Waals surface area contributed by atoms with E-state index in [0.717, 1.165) is 18.8 Å². The fourth-order valence-corrected chi connectivity index (χ4v) is 1.59. The van der Waals surface area contributed by atoms with Crippen LogP contribution in [0.25, 0.3) is 0 Å². The van der Waals surface area contributed by atoms with Gasteiger partial charge in [0, 0.05) is 6.54 Å². The minimum atomic E-state index is 0.172. The van der Waals surface area contributed by atoms with Gasteiger partial charge in [-0.1, -0.05) is 13.8 Å². The standard InChI is InChI=1S/C12H21N3O/c1-5-14-11-7-13-8-12(15-11)16-10(4)6-9(2)3/h7-10H,5-6H2,1-4H3,(H,14,15). The second-order valence-electron chi connectivity index (χ2n) is 4.33. The smallest absolute Gasteiger partial charge is 0.234 e. The molecule has 1 heterocycles. The van der Waals surface area contributed by atoms with Crippen LogP contribution in [0.1, 0.15) is 34.1 Å². The molecule has 4 heteroatoms. The Morgan fingerprint density at radius 3 is 2.69 bits per heavy atom. The van der Waals surface area contributed by atoms with Crippen molar-refractivity contribution in [2.45, 2.75) is 40.2 Å². The fourth-order valence-electron chi connectivity index (χ4n) is 1.59. The molecule has 1 N–H and O–H groups in total. The van der Waals surface area contributed by atoms with Crippen LogP contribution in [-0.4, -0.2) is 22.6 Å². The van der Waals surface area contributed by atoms with Crippen molar-refractivity contribution in [3.63, 3.8) is 0 Å². The summed E-state index contributed by atoms with van der Waals surface area (Å²) in [7, 11) is 0. The third kappa shape index (κ3) is 4.47. The lowest BCUT2D eigenvalue weighted by atomic mass is 10.1. The summed E-state index contributed by atoms with van der Waals surface area (Å²) in [6.45, 7) is 9.28. The molecule has 0 saturated carbocycles. The van der Waals surface area contributed by atoms with Crippen LogP contribution >= 0.6 is 0 Å². The summed E-state index contributed by atoms with van der Waals surface area (Å²) in [5, 5.41) is 3.11. The Kier molecular flexibility index (Phi) is 5.02. The summed E-state index contributed by atoms with van der Waals surface area (Å²) in [4.78, 5) is 8.40. The molecule has 0 aliphatic rings. The molecule has 0 aromatic carbocycles.